The van der Waals surface area contributed by atoms with Crippen LogP contribution < -0.4 is 10.1 Å². The number of amides is 1. The van der Waals surface area contributed by atoms with Gasteiger partial charge in [0.1, 0.15) is 18.4 Å². The molecule has 1 aliphatic carbocycles. The van der Waals surface area contributed by atoms with Crippen LogP contribution in [-0.4, -0.2) is 28.5 Å². The van der Waals surface area contributed by atoms with E-state index in [2.05, 4.69) is 5.32 Å². The van der Waals surface area contributed by atoms with Crippen molar-refractivity contribution in [1.82, 2.24) is 5.32 Å². The molecule has 1 amide bonds. The van der Waals surface area contributed by atoms with E-state index in [1.165, 1.54) is 12.1 Å². The van der Waals surface area contributed by atoms with Crippen molar-refractivity contribution >= 4 is 34.4 Å². The molecule has 1 atom stereocenters. The van der Waals surface area contributed by atoms with E-state index in [-0.39, 0.29) is 34.7 Å². The highest BCUT2D eigenvalue weighted by atomic mass is 32.2. The molecule has 3 aromatic carbocycles. The van der Waals surface area contributed by atoms with Gasteiger partial charge in [-0.05, 0) is 59.7 Å². The third kappa shape index (κ3) is 6.28. The SMILES string of the molecule is O=C(N[C@H](C(=O)O)C1CCCC1)c1ccc2ccccc2c1OCc1ccc(SC(F)(F)F)cc1. The van der Waals surface area contributed by atoms with Crippen molar-refractivity contribution in [2.45, 2.75) is 48.7 Å². The van der Waals surface area contributed by atoms with Crippen molar-refractivity contribution in [1.29, 1.82) is 0 Å². The Kier molecular flexibility index (Phi) is 7.54. The highest BCUT2D eigenvalue weighted by molar-refractivity contribution is 8.00. The van der Waals surface area contributed by atoms with Crippen molar-refractivity contribution < 1.29 is 32.6 Å². The molecule has 9 heteroatoms. The average molecular weight is 504 g/mol. The zero-order valence-electron chi connectivity index (χ0n) is 18.7. The number of fused-ring (bicyclic) bond motifs is 1. The van der Waals surface area contributed by atoms with E-state index in [1.807, 2.05) is 12.1 Å². The number of alkyl halides is 3. The lowest BCUT2D eigenvalue weighted by Crippen LogP contribution is -2.45. The molecule has 0 radical (unpaired) electrons. The molecule has 0 unspecified atom stereocenters. The van der Waals surface area contributed by atoms with Crippen LogP contribution in [0.5, 0.6) is 5.75 Å². The van der Waals surface area contributed by atoms with Gasteiger partial charge in [0.25, 0.3) is 5.91 Å². The molecule has 1 saturated carbocycles. The summed E-state index contributed by atoms with van der Waals surface area (Å²) in [6.45, 7) is 0.0240. The number of halogens is 3. The van der Waals surface area contributed by atoms with Crippen LogP contribution in [0.4, 0.5) is 13.2 Å². The topological polar surface area (TPSA) is 75.6 Å². The molecule has 4 rings (SSSR count). The van der Waals surface area contributed by atoms with E-state index in [1.54, 1.807) is 36.4 Å². The fraction of sp³-hybridized carbons (Fsp3) is 0.308. The predicted octanol–water partition coefficient (Wildman–Crippen LogP) is 6.40. The van der Waals surface area contributed by atoms with Gasteiger partial charge in [-0.2, -0.15) is 13.2 Å². The maximum absolute atomic E-state index is 13.2. The molecule has 35 heavy (non-hydrogen) atoms. The van der Waals surface area contributed by atoms with Gasteiger partial charge in [0, 0.05) is 10.3 Å². The molecule has 0 saturated heterocycles. The van der Waals surface area contributed by atoms with Gasteiger partial charge in [0.15, 0.2) is 0 Å². The number of ether oxygens (including phenoxy) is 1. The van der Waals surface area contributed by atoms with Gasteiger partial charge in [-0.15, -0.1) is 0 Å². The van der Waals surface area contributed by atoms with Crippen LogP contribution in [0.3, 0.4) is 0 Å². The molecular formula is C26H24F3NO4S. The van der Waals surface area contributed by atoms with Gasteiger partial charge in [0.05, 0.1) is 5.56 Å². The monoisotopic (exact) mass is 503 g/mol. The van der Waals surface area contributed by atoms with Gasteiger partial charge in [-0.3, -0.25) is 4.79 Å². The molecule has 0 bridgehead atoms. The minimum atomic E-state index is -4.37. The summed E-state index contributed by atoms with van der Waals surface area (Å²) in [6.07, 6.45) is 3.38. The summed E-state index contributed by atoms with van der Waals surface area (Å²) in [5.41, 5.74) is -3.53. The summed E-state index contributed by atoms with van der Waals surface area (Å²) in [6, 6.07) is 15.5. The number of nitrogens with one attached hydrogen (secondary N) is 1. The number of carbonyl (C=O) groups excluding carboxylic acids is 1. The molecule has 3 aromatic rings. The fourth-order valence-corrected chi connectivity index (χ4v) is 4.95. The zero-order valence-corrected chi connectivity index (χ0v) is 19.5. The number of aliphatic carboxylic acids is 1. The first kappa shape index (κ1) is 24.9. The highest BCUT2D eigenvalue weighted by Crippen LogP contribution is 2.37. The molecule has 2 N–H and O–H groups in total. The normalized spacial score (nSPS) is 15.2. The van der Waals surface area contributed by atoms with E-state index < -0.39 is 23.4 Å². The Balaban J connectivity index is 1.58. The summed E-state index contributed by atoms with van der Waals surface area (Å²) in [4.78, 5) is 25.1. The van der Waals surface area contributed by atoms with Crippen molar-refractivity contribution in [3.8, 4) is 5.75 Å². The zero-order chi connectivity index (χ0) is 25.0. The number of hydrogen-bond acceptors (Lipinski definition) is 4. The molecular weight excluding hydrogens is 479 g/mol. The number of carboxylic acids is 1. The average Bonchev–Trinajstić information content (AvgIpc) is 3.35. The molecule has 0 spiro atoms. The van der Waals surface area contributed by atoms with Crippen LogP contribution in [-0.2, 0) is 11.4 Å². The van der Waals surface area contributed by atoms with Gasteiger partial charge >= 0.3 is 11.5 Å². The number of carboxylic acid groups (broad SMARTS) is 1. The number of carbonyl (C=O) groups is 2. The maximum atomic E-state index is 13.2. The Morgan fingerprint density at radius 2 is 1.71 bits per heavy atom. The summed E-state index contributed by atoms with van der Waals surface area (Å²) < 4.78 is 43.8. The first-order chi connectivity index (χ1) is 16.7. The highest BCUT2D eigenvalue weighted by Gasteiger charge is 2.33. The second kappa shape index (κ2) is 10.6. The maximum Gasteiger partial charge on any atom is 0.446 e. The Labute approximate surface area is 204 Å². The van der Waals surface area contributed by atoms with Gasteiger partial charge in [-0.1, -0.05) is 55.3 Å². The summed E-state index contributed by atoms with van der Waals surface area (Å²) in [5, 5.41) is 13.9. The Hall–Kier alpha value is -3.20. The summed E-state index contributed by atoms with van der Waals surface area (Å²) in [5.74, 6) is -1.42. The second-order valence-corrected chi connectivity index (χ2v) is 9.62. The third-order valence-electron chi connectivity index (χ3n) is 6.09. The van der Waals surface area contributed by atoms with Gasteiger partial charge < -0.3 is 15.2 Å². The van der Waals surface area contributed by atoms with Crippen molar-refractivity contribution in [3.05, 3.63) is 71.8 Å². The van der Waals surface area contributed by atoms with Crippen molar-refractivity contribution in [3.63, 3.8) is 0 Å². The van der Waals surface area contributed by atoms with Crippen LogP contribution in [0.2, 0.25) is 0 Å². The summed E-state index contributed by atoms with van der Waals surface area (Å²) >= 11 is -0.191. The molecule has 1 aliphatic rings. The quantitative estimate of drug-likeness (QED) is 0.348. The molecule has 1 fully saturated rings. The minimum Gasteiger partial charge on any atom is -0.487 e. The van der Waals surface area contributed by atoms with Crippen molar-refractivity contribution in [2.24, 2.45) is 5.92 Å². The van der Waals surface area contributed by atoms with Crippen LogP contribution in [0.1, 0.15) is 41.6 Å². The lowest BCUT2D eigenvalue weighted by atomic mass is 9.97. The number of benzene rings is 3. The van der Waals surface area contributed by atoms with Crippen LogP contribution in [0, 0.1) is 5.92 Å². The summed E-state index contributed by atoms with van der Waals surface area (Å²) in [7, 11) is 0. The Morgan fingerprint density at radius 3 is 2.37 bits per heavy atom. The van der Waals surface area contributed by atoms with Gasteiger partial charge in [-0.25, -0.2) is 4.79 Å². The molecule has 0 aliphatic heterocycles. The van der Waals surface area contributed by atoms with E-state index >= 15 is 0 Å². The first-order valence-corrected chi connectivity index (χ1v) is 12.1. The second-order valence-electron chi connectivity index (χ2n) is 8.48. The largest absolute Gasteiger partial charge is 0.487 e. The van der Waals surface area contributed by atoms with Crippen LogP contribution in [0.25, 0.3) is 10.8 Å². The molecule has 5 nitrogen and oxygen atoms in total. The van der Waals surface area contributed by atoms with E-state index in [4.69, 9.17) is 4.74 Å². The Morgan fingerprint density at radius 1 is 1.03 bits per heavy atom. The van der Waals surface area contributed by atoms with E-state index in [0.717, 1.165) is 31.1 Å². The van der Waals surface area contributed by atoms with E-state index in [0.29, 0.717) is 16.7 Å². The predicted molar refractivity (Wildman–Crippen MR) is 127 cm³/mol. The van der Waals surface area contributed by atoms with E-state index in [9.17, 15) is 27.9 Å². The molecule has 184 valence electrons. The first-order valence-electron chi connectivity index (χ1n) is 11.2. The number of rotatable bonds is 8. The van der Waals surface area contributed by atoms with Crippen LogP contribution >= 0.6 is 11.8 Å². The Bertz CT molecular complexity index is 1210. The lowest BCUT2D eigenvalue weighted by molar-refractivity contribution is -0.140. The number of thioether (sulfide) groups is 1. The fourth-order valence-electron chi connectivity index (χ4n) is 4.41. The van der Waals surface area contributed by atoms with Gasteiger partial charge in [0.2, 0.25) is 0 Å². The lowest BCUT2D eigenvalue weighted by Gasteiger charge is -2.22. The smallest absolute Gasteiger partial charge is 0.446 e. The molecule has 0 aromatic heterocycles. The third-order valence-corrected chi connectivity index (χ3v) is 6.83. The molecule has 0 heterocycles. The number of hydrogen-bond donors (Lipinski definition) is 2. The van der Waals surface area contributed by atoms with Crippen LogP contribution in [0.15, 0.2) is 65.6 Å². The van der Waals surface area contributed by atoms with Crippen molar-refractivity contribution in [2.75, 3.05) is 0 Å². The minimum absolute atomic E-state index is 0.0240. The standard InChI is InChI=1S/C26H24F3NO4S/c27-26(28,29)35-19-12-9-16(10-13-19)15-34-23-20-8-4-3-5-17(20)11-14-21(23)24(31)30-22(25(32)33)18-6-1-2-7-18/h3-5,8-14,18,22H,1-2,6-7,15H2,(H,30,31)(H,32,33)/t22-/m0/s1.